The van der Waals surface area contributed by atoms with E-state index < -0.39 is 6.04 Å². The van der Waals surface area contributed by atoms with Crippen LogP contribution in [0.4, 0.5) is 15.8 Å². The lowest BCUT2D eigenvalue weighted by atomic mass is 10.0. The molecule has 2 aromatic carbocycles. The number of hydrogen-bond acceptors (Lipinski definition) is 4. The number of anilines is 2. The summed E-state index contributed by atoms with van der Waals surface area (Å²) in [6.45, 7) is 1.47. The monoisotopic (exact) mass is 401 g/mol. The van der Waals surface area contributed by atoms with E-state index in [9.17, 15) is 14.0 Å². The molecular weight excluding hydrogens is 381 g/mol. The third kappa shape index (κ3) is 3.88. The van der Waals surface area contributed by atoms with E-state index in [1.165, 1.54) is 17.0 Å². The number of amides is 2. The van der Waals surface area contributed by atoms with Crippen LogP contribution in [0, 0.1) is 5.82 Å². The van der Waals surface area contributed by atoms with E-state index in [-0.39, 0.29) is 30.1 Å². The van der Waals surface area contributed by atoms with Crippen LogP contribution in [0.5, 0.6) is 0 Å². The van der Waals surface area contributed by atoms with Crippen LogP contribution in [0.2, 0.25) is 5.02 Å². The smallest absolute Gasteiger partial charge is 0.251 e. The molecule has 0 aliphatic carbocycles. The largest absolute Gasteiger partial charge is 0.382 e. The molecule has 0 saturated carbocycles. The number of nitrogens with zero attached hydrogens (tertiary/aromatic N) is 2. The van der Waals surface area contributed by atoms with Gasteiger partial charge in [-0.05, 0) is 61.4 Å². The molecule has 0 bridgehead atoms. The van der Waals surface area contributed by atoms with Gasteiger partial charge in [-0.3, -0.25) is 14.5 Å². The first-order valence-electron chi connectivity index (χ1n) is 9.40. The molecule has 1 N–H and O–H groups in total. The lowest BCUT2D eigenvalue weighted by Crippen LogP contribution is -2.48. The van der Waals surface area contributed by atoms with Gasteiger partial charge in [0.05, 0.1) is 18.2 Å². The van der Waals surface area contributed by atoms with Gasteiger partial charge in [0.25, 0.3) is 5.91 Å². The van der Waals surface area contributed by atoms with Gasteiger partial charge < -0.3 is 5.32 Å². The molecule has 2 aliphatic heterocycles. The number of halogens is 2. The summed E-state index contributed by atoms with van der Waals surface area (Å²) in [6.07, 6.45) is 1.92. The Labute approximate surface area is 168 Å². The van der Waals surface area contributed by atoms with Crippen molar-refractivity contribution in [2.45, 2.75) is 31.3 Å². The summed E-state index contributed by atoms with van der Waals surface area (Å²) in [6, 6.07) is 12.9. The topological polar surface area (TPSA) is 52.7 Å². The van der Waals surface area contributed by atoms with Gasteiger partial charge in [-0.25, -0.2) is 9.29 Å². The first-order chi connectivity index (χ1) is 13.5. The van der Waals surface area contributed by atoms with Crippen molar-refractivity contribution in [3.8, 4) is 0 Å². The van der Waals surface area contributed by atoms with Crippen LogP contribution in [0.3, 0.4) is 0 Å². The van der Waals surface area contributed by atoms with E-state index in [0.717, 1.165) is 31.6 Å². The fraction of sp³-hybridized carbons (Fsp3) is 0.333. The summed E-state index contributed by atoms with van der Waals surface area (Å²) in [4.78, 5) is 28.7. The SMILES string of the molecule is O=C1C[C@H](N2CCC(Nc3ccc(F)cc3)CC2)C(=O)N1c1ccc(Cl)cc1. The molecule has 1 atom stereocenters. The molecule has 5 nitrogen and oxygen atoms in total. The second-order valence-electron chi connectivity index (χ2n) is 7.23. The number of piperidine rings is 1. The Hall–Kier alpha value is -2.44. The Morgan fingerprint density at radius 1 is 0.964 bits per heavy atom. The molecule has 0 unspecified atom stereocenters. The van der Waals surface area contributed by atoms with Crippen LogP contribution >= 0.6 is 11.6 Å². The van der Waals surface area contributed by atoms with E-state index in [1.807, 2.05) is 0 Å². The molecule has 2 aromatic rings. The van der Waals surface area contributed by atoms with Crippen LogP contribution in [-0.2, 0) is 9.59 Å². The molecule has 7 heteroatoms. The summed E-state index contributed by atoms with van der Waals surface area (Å²) in [5.74, 6) is -0.601. The first kappa shape index (κ1) is 18.9. The van der Waals surface area contributed by atoms with E-state index >= 15 is 0 Å². The van der Waals surface area contributed by atoms with Crippen LogP contribution in [0.25, 0.3) is 0 Å². The van der Waals surface area contributed by atoms with Crippen molar-refractivity contribution >= 4 is 34.8 Å². The van der Waals surface area contributed by atoms with Crippen molar-refractivity contribution in [3.05, 3.63) is 59.4 Å². The number of carbonyl (C=O) groups excluding carboxylic acids is 2. The molecule has 0 spiro atoms. The van der Waals surface area contributed by atoms with Crippen molar-refractivity contribution in [1.82, 2.24) is 4.90 Å². The molecule has 0 aromatic heterocycles. The summed E-state index contributed by atoms with van der Waals surface area (Å²) in [5, 5.41) is 3.98. The highest BCUT2D eigenvalue weighted by Crippen LogP contribution is 2.28. The molecule has 0 radical (unpaired) electrons. The van der Waals surface area contributed by atoms with Crippen molar-refractivity contribution in [3.63, 3.8) is 0 Å². The number of carbonyl (C=O) groups is 2. The van der Waals surface area contributed by atoms with Crippen LogP contribution in [-0.4, -0.2) is 41.9 Å². The van der Waals surface area contributed by atoms with Gasteiger partial charge in [0.2, 0.25) is 5.91 Å². The maximum Gasteiger partial charge on any atom is 0.251 e. The Balaban J connectivity index is 1.37. The van der Waals surface area contributed by atoms with Crippen LogP contribution in [0.1, 0.15) is 19.3 Å². The second-order valence-corrected chi connectivity index (χ2v) is 7.66. The lowest BCUT2D eigenvalue weighted by molar-refractivity contribution is -0.123. The zero-order valence-electron chi connectivity index (χ0n) is 15.3. The van der Waals surface area contributed by atoms with Gasteiger partial charge in [0, 0.05) is 29.8 Å². The lowest BCUT2D eigenvalue weighted by Gasteiger charge is -2.35. The molecular formula is C21H21ClFN3O2. The first-order valence-corrected chi connectivity index (χ1v) is 9.77. The Morgan fingerprint density at radius 3 is 2.25 bits per heavy atom. The highest BCUT2D eigenvalue weighted by molar-refractivity contribution is 6.30. The minimum atomic E-state index is -0.407. The molecule has 2 amide bonds. The molecule has 4 rings (SSSR count). The highest BCUT2D eigenvalue weighted by atomic mass is 35.5. The molecule has 2 aliphatic rings. The number of rotatable bonds is 4. The molecule has 146 valence electrons. The van der Waals surface area contributed by atoms with Crippen molar-refractivity contribution in [2.24, 2.45) is 0 Å². The zero-order chi connectivity index (χ0) is 19.7. The maximum absolute atomic E-state index is 13.0. The number of likely N-dealkylation sites (tertiary alicyclic amines) is 1. The number of imide groups is 1. The quantitative estimate of drug-likeness (QED) is 0.794. The molecule has 2 saturated heterocycles. The minimum absolute atomic E-state index is 0.169. The second kappa shape index (κ2) is 7.89. The summed E-state index contributed by atoms with van der Waals surface area (Å²) < 4.78 is 13.0. The average Bonchev–Trinajstić information content (AvgIpc) is 2.99. The van der Waals surface area contributed by atoms with Gasteiger partial charge in [-0.1, -0.05) is 11.6 Å². The fourth-order valence-electron chi connectivity index (χ4n) is 3.90. The number of benzene rings is 2. The van der Waals surface area contributed by atoms with E-state index in [4.69, 9.17) is 11.6 Å². The highest BCUT2D eigenvalue weighted by Gasteiger charge is 2.43. The predicted octanol–water partition coefficient (Wildman–Crippen LogP) is 3.69. The minimum Gasteiger partial charge on any atom is -0.382 e. The Morgan fingerprint density at radius 2 is 1.61 bits per heavy atom. The third-order valence-corrected chi connectivity index (χ3v) is 5.64. The summed E-state index contributed by atoms with van der Waals surface area (Å²) in [5.41, 5.74) is 1.45. The molecule has 2 fully saturated rings. The average molecular weight is 402 g/mol. The third-order valence-electron chi connectivity index (χ3n) is 5.39. The molecule has 2 heterocycles. The predicted molar refractivity (Wildman–Crippen MR) is 107 cm³/mol. The Bertz CT molecular complexity index is 864. The van der Waals surface area contributed by atoms with Gasteiger partial charge in [-0.2, -0.15) is 0 Å². The van der Waals surface area contributed by atoms with Crippen LogP contribution in [0.15, 0.2) is 48.5 Å². The van der Waals surface area contributed by atoms with E-state index in [1.54, 1.807) is 36.4 Å². The standard InChI is InChI=1S/C21H21ClFN3O2/c22-14-1-7-18(8-2-14)26-20(27)13-19(21(26)28)25-11-9-17(10-12-25)24-16-5-3-15(23)4-6-16/h1-8,17,19,24H,9-13H2/t19-/m0/s1. The van der Waals surface area contributed by atoms with Crippen molar-refractivity contribution < 1.29 is 14.0 Å². The number of hydrogen-bond donors (Lipinski definition) is 1. The van der Waals surface area contributed by atoms with Crippen LogP contribution < -0.4 is 10.2 Å². The van der Waals surface area contributed by atoms with Crippen molar-refractivity contribution in [1.29, 1.82) is 0 Å². The van der Waals surface area contributed by atoms with Gasteiger partial charge >= 0.3 is 0 Å². The summed E-state index contributed by atoms with van der Waals surface area (Å²) in [7, 11) is 0. The van der Waals surface area contributed by atoms with E-state index in [2.05, 4.69) is 10.2 Å². The van der Waals surface area contributed by atoms with Crippen molar-refractivity contribution in [2.75, 3.05) is 23.3 Å². The van der Waals surface area contributed by atoms with Gasteiger partial charge in [-0.15, -0.1) is 0 Å². The summed E-state index contributed by atoms with van der Waals surface area (Å²) >= 11 is 5.90. The van der Waals surface area contributed by atoms with Gasteiger partial charge in [0.1, 0.15) is 5.82 Å². The number of nitrogens with one attached hydrogen (secondary N) is 1. The molecule has 28 heavy (non-hydrogen) atoms. The fourth-order valence-corrected chi connectivity index (χ4v) is 4.03. The maximum atomic E-state index is 13.0. The normalized spacial score (nSPS) is 21.4. The Kier molecular flexibility index (Phi) is 5.33. The van der Waals surface area contributed by atoms with E-state index in [0.29, 0.717) is 10.7 Å². The zero-order valence-corrected chi connectivity index (χ0v) is 16.0. The van der Waals surface area contributed by atoms with Gasteiger partial charge in [0.15, 0.2) is 0 Å².